The summed E-state index contributed by atoms with van der Waals surface area (Å²) in [5.74, 6) is 1.11. The molecular weight excluding hydrogens is 304 g/mol. The van der Waals surface area contributed by atoms with Gasteiger partial charge in [-0.2, -0.15) is 0 Å². The highest BCUT2D eigenvalue weighted by molar-refractivity contribution is 5.94. The highest BCUT2D eigenvalue weighted by atomic mass is 16.5. The number of hydrogen-bond acceptors (Lipinski definition) is 4. The van der Waals surface area contributed by atoms with Gasteiger partial charge in [-0.1, -0.05) is 0 Å². The zero-order valence-electron chi connectivity index (χ0n) is 14.5. The summed E-state index contributed by atoms with van der Waals surface area (Å²) in [5, 5.41) is 0. The molecule has 1 aliphatic heterocycles. The standard InChI is InChI=1S/C19H26N2O3/c1-14(2)20-9-11-21(12-10-20)19(23)16-5-7-17(8-6-16)24-13-18(22)15-3-4-15/h5-8,14-15H,3-4,9-13H2,1-2H3. The molecule has 1 heterocycles. The van der Waals surface area contributed by atoms with Crippen LogP contribution in [0.25, 0.3) is 0 Å². The fourth-order valence-corrected chi connectivity index (χ4v) is 3.00. The van der Waals surface area contributed by atoms with E-state index in [1.807, 2.05) is 4.90 Å². The molecule has 1 aliphatic carbocycles. The Morgan fingerprint density at radius 3 is 2.25 bits per heavy atom. The first-order valence-electron chi connectivity index (χ1n) is 8.83. The smallest absolute Gasteiger partial charge is 0.253 e. The van der Waals surface area contributed by atoms with E-state index in [0.717, 1.165) is 39.0 Å². The van der Waals surface area contributed by atoms with Crippen LogP contribution in [0, 0.1) is 5.92 Å². The van der Waals surface area contributed by atoms with Crippen LogP contribution in [0.1, 0.15) is 37.0 Å². The fraction of sp³-hybridized carbons (Fsp3) is 0.579. The van der Waals surface area contributed by atoms with Crippen molar-refractivity contribution < 1.29 is 14.3 Å². The first-order valence-corrected chi connectivity index (χ1v) is 8.83. The van der Waals surface area contributed by atoms with Crippen LogP contribution in [0.4, 0.5) is 0 Å². The summed E-state index contributed by atoms with van der Waals surface area (Å²) in [7, 11) is 0. The third-order valence-electron chi connectivity index (χ3n) is 4.85. The van der Waals surface area contributed by atoms with Gasteiger partial charge in [-0.15, -0.1) is 0 Å². The molecule has 130 valence electrons. The van der Waals surface area contributed by atoms with Crippen molar-refractivity contribution in [3.63, 3.8) is 0 Å². The molecule has 24 heavy (non-hydrogen) atoms. The normalized spacial score (nSPS) is 18.7. The minimum Gasteiger partial charge on any atom is -0.486 e. The van der Waals surface area contributed by atoms with Crippen molar-refractivity contribution in [1.29, 1.82) is 0 Å². The van der Waals surface area contributed by atoms with E-state index in [2.05, 4.69) is 18.7 Å². The predicted octanol–water partition coefficient (Wildman–Crippen LogP) is 2.21. The number of ether oxygens (including phenoxy) is 1. The zero-order valence-corrected chi connectivity index (χ0v) is 14.5. The van der Waals surface area contributed by atoms with Gasteiger partial charge in [0.25, 0.3) is 5.91 Å². The highest BCUT2D eigenvalue weighted by Gasteiger charge is 2.29. The third-order valence-corrected chi connectivity index (χ3v) is 4.85. The second-order valence-electron chi connectivity index (χ2n) is 6.98. The van der Waals surface area contributed by atoms with E-state index in [1.54, 1.807) is 24.3 Å². The Hall–Kier alpha value is -1.88. The molecule has 2 fully saturated rings. The summed E-state index contributed by atoms with van der Waals surface area (Å²) in [6, 6.07) is 7.65. The Morgan fingerprint density at radius 2 is 1.71 bits per heavy atom. The Balaban J connectivity index is 1.51. The van der Waals surface area contributed by atoms with Crippen molar-refractivity contribution in [3.8, 4) is 5.75 Å². The van der Waals surface area contributed by atoms with E-state index in [1.165, 1.54) is 0 Å². The Labute approximate surface area is 143 Å². The van der Waals surface area contributed by atoms with Crippen molar-refractivity contribution in [2.45, 2.75) is 32.7 Å². The number of amides is 1. The SMILES string of the molecule is CC(C)N1CCN(C(=O)c2ccc(OCC(=O)C3CC3)cc2)CC1. The topological polar surface area (TPSA) is 49.9 Å². The molecule has 1 aromatic rings. The molecule has 0 radical (unpaired) electrons. The number of carbonyl (C=O) groups is 2. The highest BCUT2D eigenvalue weighted by Crippen LogP contribution is 2.30. The summed E-state index contributed by atoms with van der Waals surface area (Å²) >= 11 is 0. The first-order chi connectivity index (χ1) is 11.5. The Kier molecular flexibility index (Phi) is 5.19. The monoisotopic (exact) mass is 330 g/mol. The van der Waals surface area contributed by atoms with Crippen molar-refractivity contribution in [3.05, 3.63) is 29.8 Å². The van der Waals surface area contributed by atoms with Gasteiger partial charge in [0.15, 0.2) is 5.78 Å². The predicted molar refractivity (Wildman–Crippen MR) is 92.3 cm³/mol. The van der Waals surface area contributed by atoms with Crippen molar-refractivity contribution in [1.82, 2.24) is 9.80 Å². The largest absolute Gasteiger partial charge is 0.486 e. The second kappa shape index (κ2) is 7.34. The van der Waals surface area contributed by atoms with Crippen LogP contribution in [-0.2, 0) is 4.79 Å². The fourth-order valence-electron chi connectivity index (χ4n) is 3.00. The van der Waals surface area contributed by atoms with E-state index in [4.69, 9.17) is 4.74 Å². The number of carbonyl (C=O) groups excluding carboxylic acids is 2. The van der Waals surface area contributed by atoms with Crippen molar-refractivity contribution >= 4 is 11.7 Å². The average Bonchev–Trinajstić information content (AvgIpc) is 3.45. The molecule has 1 amide bonds. The molecule has 1 aromatic carbocycles. The number of nitrogens with zero attached hydrogens (tertiary/aromatic N) is 2. The molecule has 5 heteroatoms. The van der Waals surface area contributed by atoms with Crippen LogP contribution >= 0.6 is 0 Å². The number of benzene rings is 1. The molecule has 3 rings (SSSR count). The number of Topliss-reactive ketones (excluding diaryl/α,β-unsaturated/α-hetero) is 1. The number of hydrogen-bond donors (Lipinski definition) is 0. The maximum absolute atomic E-state index is 12.6. The van der Waals surface area contributed by atoms with Gasteiger partial charge in [-0.25, -0.2) is 0 Å². The second-order valence-corrected chi connectivity index (χ2v) is 6.98. The molecule has 0 atom stereocenters. The minimum atomic E-state index is 0.0685. The minimum absolute atomic E-state index is 0.0685. The molecule has 0 spiro atoms. The van der Waals surface area contributed by atoms with Gasteiger partial charge >= 0.3 is 0 Å². The third kappa shape index (κ3) is 4.15. The van der Waals surface area contributed by atoms with Crippen molar-refractivity contribution in [2.75, 3.05) is 32.8 Å². The quantitative estimate of drug-likeness (QED) is 0.802. The van der Waals surface area contributed by atoms with Crippen LogP contribution in [0.3, 0.4) is 0 Å². The number of rotatable bonds is 6. The maximum atomic E-state index is 12.6. The van der Waals surface area contributed by atoms with Crippen LogP contribution in [0.5, 0.6) is 5.75 Å². The van der Waals surface area contributed by atoms with Crippen LogP contribution in [-0.4, -0.2) is 60.3 Å². The lowest BCUT2D eigenvalue weighted by atomic mass is 10.1. The van der Waals surface area contributed by atoms with Crippen molar-refractivity contribution in [2.24, 2.45) is 5.92 Å². The van der Waals surface area contributed by atoms with Gasteiger partial charge in [0.1, 0.15) is 12.4 Å². The Bertz CT molecular complexity index is 585. The van der Waals surface area contributed by atoms with E-state index >= 15 is 0 Å². The van der Waals surface area contributed by atoms with Crippen LogP contribution in [0.15, 0.2) is 24.3 Å². The molecule has 0 bridgehead atoms. The first kappa shape index (κ1) is 17.0. The maximum Gasteiger partial charge on any atom is 0.253 e. The molecule has 1 saturated carbocycles. The van der Waals surface area contributed by atoms with E-state index < -0.39 is 0 Å². The summed E-state index contributed by atoms with van der Waals surface area (Å²) in [6.45, 7) is 7.89. The van der Waals surface area contributed by atoms with Crippen LogP contribution < -0.4 is 4.74 Å². The van der Waals surface area contributed by atoms with E-state index in [0.29, 0.717) is 17.4 Å². The number of ketones is 1. The molecule has 0 N–H and O–H groups in total. The lowest BCUT2D eigenvalue weighted by Crippen LogP contribution is -2.50. The molecule has 2 aliphatic rings. The van der Waals surface area contributed by atoms with E-state index in [9.17, 15) is 9.59 Å². The average molecular weight is 330 g/mol. The molecule has 0 unspecified atom stereocenters. The summed E-state index contributed by atoms with van der Waals surface area (Å²) < 4.78 is 5.51. The number of piperazine rings is 1. The van der Waals surface area contributed by atoms with Gasteiger partial charge in [-0.3, -0.25) is 14.5 Å². The molecular formula is C19H26N2O3. The summed E-state index contributed by atoms with van der Waals surface area (Å²) in [4.78, 5) is 28.5. The summed E-state index contributed by atoms with van der Waals surface area (Å²) in [5.41, 5.74) is 0.675. The van der Waals surface area contributed by atoms with Gasteiger partial charge in [-0.05, 0) is 51.0 Å². The zero-order chi connectivity index (χ0) is 17.1. The lowest BCUT2D eigenvalue weighted by Gasteiger charge is -2.37. The van der Waals surface area contributed by atoms with Gasteiger partial charge in [0.05, 0.1) is 0 Å². The lowest BCUT2D eigenvalue weighted by molar-refractivity contribution is -0.122. The van der Waals surface area contributed by atoms with E-state index in [-0.39, 0.29) is 24.2 Å². The molecule has 5 nitrogen and oxygen atoms in total. The van der Waals surface area contributed by atoms with Gasteiger partial charge in [0.2, 0.25) is 0 Å². The van der Waals surface area contributed by atoms with Gasteiger partial charge in [0, 0.05) is 43.7 Å². The Morgan fingerprint density at radius 1 is 1.08 bits per heavy atom. The molecule has 1 saturated heterocycles. The summed E-state index contributed by atoms with van der Waals surface area (Å²) in [6.07, 6.45) is 2.00. The molecule has 0 aromatic heterocycles. The van der Waals surface area contributed by atoms with Gasteiger partial charge < -0.3 is 9.64 Å². The van der Waals surface area contributed by atoms with Crippen LogP contribution in [0.2, 0.25) is 0 Å².